The van der Waals surface area contributed by atoms with Gasteiger partial charge in [-0.15, -0.1) is 0 Å². The van der Waals surface area contributed by atoms with Crippen LogP contribution >= 0.6 is 0 Å². The van der Waals surface area contributed by atoms with Crippen LogP contribution in [0.3, 0.4) is 0 Å². The zero-order valence-electron chi connectivity index (χ0n) is 45.4. The van der Waals surface area contributed by atoms with E-state index in [9.17, 15) is 14.4 Å². The first-order chi connectivity index (χ1) is 35.0. The van der Waals surface area contributed by atoms with Crippen molar-refractivity contribution in [3.8, 4) is 0 Å². The fourth-order valence-electron chi connectivity index (χ4n) is 7.18. The number of esters is 3. The van der Waals surface area contributed by atoms with E-state index < -0.39 is 6.10 Å². The van der Waals surface area contributed by atoms with Crippen molar-refractivity contribution in [1.82, 2.24) is 0 Å². The van der Waals surface area contributed by atoms with Gasteiger partial charge in [0, 0.05) is 19.3 Å². The molecule has 0 aliphatic rings. The van der Waals surface area contributed by atoms with E-state index in [1.807, 2.05) is 0 Å². The van der Waals surface area contributed by atoms with Crippen LogP contribution in [-0.4, -0.2) is 37.2 Å². The van der Waals surface area contributed by atoms with E-state index in [2.05, 4.69) is 167 Å². The van der Waals surface area contributed by atoms with Crippen LogP contribution in [0.4, 0.5) is 0 Å². The van der Waals surface area contributed by atoms with Gasteiger partial charge < -0.3 is 14.2 Å². The Morgan fingerprint density at radius 2 is 0.507 bits per heavy atom. The lowest BCUT2D eigenvalue weighted by Crippen LogP contribution is -2.30. The number of hydrogen-bond donors (Lipinski definition) is 0. The standard InChI is InChI=1S/C65H102O6/c1-4-7-10-13-16-19-22-25-28-30-31-32-33-35-37-40-43-46-49-52-55-58-64(67)70-61-62(60-69-63(66)57-54-51-48-45-42-39-36-27-24-21-18-15-12-9-6-3)71-65(68)59-56-53-50-47-44-41-38-34-29-26-23-20-17-14-11-8-5-2/h7-12,16-21,25-29,31-32,35-37,43,46,62H,4-6,13-15,22-24,30,33-34,38-42,44-45,47-61H2,1-3H3/b10-7-,11-8-,12-9-,19-16-,20-17-,21-18-,28-25-,29-26-,32-31-,36-27-,37-35-,46-43-. The number of rotatable bonds is 49. The first kappa shape index (κ1) is 66.3. The molecule has 0 rings (SSSR count). The van der Waals surface area contributed by atoms with E-state index in [4.69, 9.17) is 14.2 Å². The van der Waals surface area contributed by atoms with E-state index in [0.717, 1.165) is 161 Å². The van der Waals surface area contributed by atoms with Gasteiger partial charge in [-0.05, 0) is 135 Å². The molecule has 0 saturated carbocycles. The van der Waals surface area contributed by atoms with E-state index in [-0.39, 0.29) is 31.1 Å². The number of carbonyl (C=O) groups is 3. The molecule has 0 aliphatic carbocycles. The Morgan fingerprint density at radius 1 is 0.282 bits per heavy atom. The van der Waals surface area contributed by atoms with Gasteiger partial charge in [-0.2, -0.15) is 0 Å². The first-order valence-corrected chi connectivity index (χ1v) is 28.3. The highest BCUT2D eigenvalue weighted by molar-refractivity contribution is 5.71. The molecule has 0 radical (unpaired) electrons. The molecule has 6 heteroatoms. The van der Waals surface area contributed by atoms with Gasteiger partial charge in [-0.25, -0.2) is 0 Å². The Kier molecular flexibility index (Phi) is 54.0. The predicted molar refractivity (Wildman–Crippen MR) is 306 cm³/mol. The minimum atomic E-state index is -0.816. The lowest BCUT2D eigenvalue weighted by atomic mass is 10.1. The molecule has 0 bridgehead atoms. The summed E-state index contributed by atoms with van der Waals surface area (Å²) in [6.07, 6.45) is 82.6. The Bertz CT molecular complexity index is 1590. The maximum Gasteiger partial charge on any atom is 0.306 e. The smallest absolute Gasteiger partial charge is 0.306 e. The van der Waals surface area contributed by atoms with Gasteiger partial charge in [0.05, 0.1) is 0 Å². The van der Waals surface area contributed by atoms with Crippen LogP contribution in [-0.2, 0) is 28.6 Å². The molecule has 0 N–H and O–H groups in total. The van der Waals surface area contributed by atoms with Gasteiger partial charge in [0.2, 0.25) is 0 Å². The number of allylic oxidation sites excluding steroid dienone is 24. The summed E-state index contributed by atoms with van der Waals surface area (Å²) in [4.78, 5) is 38.2. The molecule has 71 heavy (non-hydrogen) atoms. The van der Waals surface area contributed by atoms with Gasteiger partial charge in [0.25, 0.3) is 0 Å². The molecule has 398 valence electrons. The van der Waals surface area contributed by atoms with E-state index in [1.165, 1.54) is 19.3 Å². The number of hydrogen-bond acceptors (Lipinski definition) is 6. The normalized spacial score (nSPS) is 13.2. The summed E-state index contributed by atoms with van der Waals surface area (Å²) in [6, 6.07) is 0. The number of unbranched alkanes of at least 4 members (excludes halogenated alkanes) is 14. The fraction of sp³-hybridized carbons (Fsp3) is 0.585. The van der Waals surface area contributed by atoms with Crippen molar-refractivity contribution < 1.29 is 28.6 Å². The van der Waals surface area contributed by atoms with E-state index in [1.54, 1.807) is 0 Å². The summed E-state index contributed by atoms with van der Waals surface area (Å²) >= 11 is 0. The van der Waals surface area contributed by atoms with E-state index in [0.29, 0.717) is 25.7 Å². The maximum absolute atomic E-state index is 12.9. The summed E-state index contributed by atoms with van der Waals surface area (Å²) in [6.45, 7) is 6.23. The lowest BCUT2D eigenvalue weighted by molar-refractivity contribution is -0.167. The quantitative estimate of drug-likeness (QED) is 0.0262. The second-order valence-corrected chi connectivity index (χ2v) is 18.0. The van der Waals surface area contributed by atoms with Crippen LogP contribution in [0, 0.1) is 0 Å². The van der Waals surface area contributed by atoms with Crippen molar-refractivity contribution in [2.24, 2.45) is 0 Å². The van der Waals surface area contributed by atoms with Crippen molar-refractivity contribution in [3.63, 3.8) is 0 Å². The molecule has 0 aromatic heterocycles. The topological polar surface area (TPSA) is 78.9 Å². The van der Waals surface area contributed by atoms with Crippen LogP contribution in [0.5, 0.6) is 0 Å². The highest BCUT2D eigenvalue weighted by Crippen LogP contribution is 2.13. The van der Waals surface area contributed by atoms with Crippen LogP contribution in [0.2, 0.25) is 0 Å². The molecule has 0 aliphatic heterocycles. The van der Waals surface area contributed by atoms with Gasteiger partial charge in [0.1, 0.15) is 13.2 Å². The zero-order valence-corrected chi connectivity index (χ0v) is 45.4. The summed E-state index contributed by atoms with van der Waals surface area (Å²) in [7, 11) is 0. The predicted octanol–water partition coefficient (Wildman–Crippen LogP) is 19.2. The Hall–Kier alpha value is -4.71. The Morgan fingerprint density at radius 3 is 0.817 bits per heavy atom. The van der Waals surface area contributed by atoms with Crippen LogP contribution in [0.25, 0.3) is 0 Å². The summed E-state index contributed by atoms with van der Waals surface area (Å²) in [5, 5.41) is 0. The average Bonchev–Trinajstić information content (AvgIpc) is 3.37. The van der Waals surface area contributed by atoms with Crippen molar-refractivity contribution in [1.29, 1.82) is 0 Å². The fourth-order valence-corrected chi connectivity index (χ4v) is 7.18. The third-order valence-corrected chi connectivity index (χ3v) is 11.3. The van der Waals surface area contributed by atoms with Crippen LogP contribution < -0.4 is 0 Å². The molecule has 0 spiro atoms. The summed E-state index contributed by atoms with van der Waals surface area (Å²) in [5.41, 5.74) is 0. The molecule has 0 fully saturated rings. The summed E-state index contributed by atoms with van der Waals surface area (Å²) in [5.74, 6) is -0.988. The molecule has 0 aromatic rings. The molecule has 1 unspecified atom stereocenters. The maximum atomic E-state index is 12.9. The highest BCUT2D eigenvalue weighted by Gasteiger charge is 2.19. The van der Waals surface area contributed by atoms with Crippen LogP contribution in [0.1, 0.15) is 226 Å². The van der Waals surface area contributed by atoms with Gasteiger partial charge in [-0.1, -0.05) is 218 Å². The SMILES string of the molecule is CC/C=C\C/C=C\C/C=C\C/C=C\C/C=C\C/C=C\CCCCC(=O)OCC(COC(=O)CCCCCCC/C=C\C/C=C\C/C=C\CC)OC(=O)CCCCCCCCC/C=C\C/C=C\C/C=C\CC. The minimum absolute atomic E-state index is 0.111. The molecule has 0 heterocycles. The highest BCUT2D eigenvalue weighted by atomic mass is 16.6. The van der Waals surface area contributed by atoms with Crippen molar-refractivity contribution in [2.45, 2.75) is 232 Å². The second-order valence-electron chi connectivity index (χ2n) is 18.0. The van der Waals surface area contributed by atoms with Crippen LogP contribution in [0.15, 0.2) is 146 Å². The Balaban J connectivity index is 4.53. The van der Waals surface area contributed by atoms with Crippen molar-refractivity contribution >= 4 is 17.9 Å². The van der Waals surface area contributed by atoms with Gasteiger partial charge >= 0.3 is 17.9 Å². The molecule has 1 atom stereocenters. The van der Waals surface area contributed by atoms with Crippen molar-refractivity contribution in [3.05, 3.63) is 146 Å². The minimum Gasteiger partial charge on any atom is -0.462 e. The Labute approximate surface area is 436 Å². The van der Waals surface area contributed by atoms with Gasteiger partial charge in [-0.3, -0.25) is 14.4 Å². The molecule has 0 saturated heterocycles. The van der Waals surface area contributed by atoms with E-state index >= 15 is 0 Å². The monoisotopic (exact) mass is 979 g/mol. The number of carbonyl (C=O) groups excluding carboxylic acids is 3. The molecule has 0 amide bonds. The average molecular weight is 980 g/mol. The lowest BCUT2D eigenvalue weighted by Gasteiger charge is -2.18. The molecule has 0 aromatic carbocycles. The molecular weight excluding hydrogens is 877 g/mol. The largest absolute Gasteiger partial charge is 0.462 e. The van der Waals surface area contributed by atoms with Gasteiger partial charge in [0.15, 0.2) is 6.10 Å². The second kappa shape index (κ2) is 57.9. The zero-order chi connectivity index (χ0) is 51.4. The molecule has 6 nitrogen and oxygen atoms in total. The third-order valence-electron chi connectivity index (χ3n) is 11.3. The first-order valence-electron chi connectivity index (χ1n) is 28.3. The molecular formula is C65H102O6. The third kappa shape index (κ3) is 56.1. The summed E-state index contributed by atoms with van der Waals surface area (Å²) < 4.78 is 16.8. The number of ether oxygens (including phenoxy) is 3. The van der Waals surface area contributed by atoms with Crippen molar-refractivity contribution in [2.75, 3.05) is 13.2 Å².